The number of likely N-dealkylation sites (tertiary alicyclic amines) is 1. The van der Waals surface area contributed by atoms with Gasteiger partial charge >= 0.3 is 0 Å². The fourth-order valence-corrected chi connectivity index (χ4v) is 4.96. The Balaban J connectivity index is 1.54. The van der Waals surface area contributed by atoms with Crippen LogP contribution < -0.4 is 5.32 Å². The molecule has 0 spiro atoms. The van der Waals surface area contributed by atoms with Crippen LogP contribution in [0.1, 0.15) is 42.1 Å². The van der Waals surface area contributed by atoms with Gasteiger partial charge in [0.15, 0.2) is 0 Å². The Labute approximate surface area is 181 Å². The summed E-state index contributed by atoms with van der Waals surface area (Å²) in [5.74, 6) is 1.06. The number of nitrogens with zero attached hydrogens (tertiary/aromatic N) is 3. The first kappa shape index (κ1) is 19.0. The van der Waals surface area contributed by atoms with Gasteiger partial charge in [0.25, 0.3) is 0 Å². The van der Waals surface area contributed by atoms with Gasteiger partial charge in [0.1, 0.15) is 5.82 Å². The summed E-state index contributed by atoms with van der Waals surface area (Å²) in [5.41, 5.74) is 4.70. The van der Waals surface area contributed by atoms with Crippen LogP contribution in [0.3, 0.4) is 0 Å². The van der Waals surface area contributed by atoms with Crippen molar-refractivity contribution < 1.29 is 0 Å². The van der Waals surface area contributed by atoms with Gasteiger partial charge in [-0.05, 0) is 49.6 Å². The molecule has 1 fully saturated rings. The average Bonchev–Trinajstić information content (AvgIpc) is 3.34. The third-order valence-electron chi connectivity index (χ3n) is 5.98. The molecule has 0 amide bonds. The van der Waals surface area contributed by atoms with Crippen molar-refractivity contribution in [1.82, 2.24) is 14.7 Å². The van der Waals surface area contributed by atoms with E-state index in [9.17, 15) is 0 Å². The highest BCUT2D eigenvalue weighted by molar-refractivity contribution is 6.34. The number of hydrogen-bond donors (Lipinski definition) is 1. The number of nitrogens with one attached hydrogen (secondary N) is 1. The molecular formula is C23H24Cl2N4. The smallest absolute Gasteiger partial charge is 0.133 e. The largest absolute Gasteiger partial charge is 0.369 e. The molecule has 1 unspecified atom stereocenters. The molecule has 1 atom stereocenters. The lowest BCUT2D eigenvalue weighted by atomic mass is 9.95. The fraction of sp³-hybridized carbons (Fsp3) is 0.348. The second-order valence-corrected chi connectivity index (χ2v) is 8.71. The highest BCUT2D eigenvalue weighted by Crippen LogP contribution is 2.39. The van der Waals surface area contributed by atoms with E-state index in [1.54, 1.807) is 0 Å². The number of hydrogen-bond acceptors (Lipinski definition) is 3. The molecule has 0 radical (unpaired) electrons. The molecule has 29 heavy (non-hydrogen) atoms. The molecular weight excluding hydrogens is 403 g/mol. The molecule has 1 saturated heterocycles. The number of anilines is 1. The average molecular weight is 427 g/mol. The fourth-order valence-electron chi connectivity index (χ4n) is 4.60. The summed E-state index contributed by atoms with van der Waals surface area (Å²) in [4.78, 5) is 2.59. The van der Waals surface area contributed by atoms with Crippen molar-refractivity contribution in [3.05, 3.63) is 75.4 Å². The normalized spacial score (nSPS) is 19.2. The molecule has 3 heterocycles. The maximum atomic E-state index is 6.51. The predicted molar refractivity (Wildman–Crippen MR) is 119 cm³/mol. The third kappa shape index (κ3) is 3.65. The lowest BCUT2D eigenvalue weighted by Crippen LogP contribution is -2.33. The van der Waals surface area contributed by atoms with E-state index in [-0.39, 0.29) is 0 Å². The van der Waals surface area contributed by atoms with Gasteiger partial charge in [0, 0.05) is 23.7 Å². The van der Waals surface area contributed by atoms with Gasteiger partial charge in [-0.25, -0.2) is 4.68 Å². The molecule has 150 valence electrons. The maximum absolute atomic E-state index is 6.51. The Hall–Kier alpha value is -2.01. The van der Waals surface area contributed by atoms with E-state index in [2.05, 4.69) is 40.5 Å². The van der Waals surface area contributed by atoms with Crippen LogP contribution in [0.5, 0.6) is 0 Å². The summed E-state index contributed by atoms with van der Waals surface area (Å²) in [7, 11) is 0. The van der Waals surface area contributed by atoms with Gasteiger partial charge in [-0.3, -0.25) is 4.90 Å². The Morgan fingerprint density at radius 1 is 1.07 bits per heavy atom. The summed E-state index contributed by atoms with van der Waals surface area (Å²) in [6.45, 7) is 2.99. The van der Waals surface area contributed by atoms with Gasteiger partial charge in [-0.15, -0.1) is 0 Å². The zero-order chi connectivity index (χ0) is 19.8. The van der Waals surface area contributed by atoms with Crippen molar-refractivity contribution in [2.45, 2.75) is 38.3 Å². The Morgan fingerprint density at radius 3 is 2.79 bits per heavy atom. The van der Waals surface area contributed by atoms with Crippen LogP contribution in [-0.4, -0.2) is 27.8 Å². The number of benzene rings is 2. The predicted octanol–water partition coefficient (Wildman–Crippen LogP) is 5.87. The van der Waals surface area contributed by atoms with Gasteiger partial charge in [-0.1, -0.05) is 60.0 Å². The zero-order valence-corrected chi connectivity index (χ0v) is 17.8. The van der Waals surface area contributed by atoms with Crippen LogP contribution in [0, 0.1) is 0 Å². The van der Waals surface area contributed by atoms with Crippen molar-refractivity contribution in [2.24, 2.45) is 0 Å². The minimum atomic E-state index is 0.330. The number of halogens is 2. The number of fused-ring (bicyclic) bond motifs is 1. The first-order chi connectivity index (χ1) is 14.2. The molecule has 2 aromatic carbocycles. The molecule has 3 aromatic rings. The second-order valence-electron chi connectivity index (χ2n) is 7.86. The first-order valence-electron chi connectivity index (χ1n) is 10.3. The van der Waals surface area contributed by atoms with Gasteiger partial charge in [0.2, 0.25) is 0 Å². The lowest BCUT2D eigenvalue weighted by molar-refractivity contribution is 0.136. The minimum Gasteiger partial charge on any atom is -0.369 e. The Bertz CT molecular complexity index is 1020. The SMILES string of the molecule is Clc1ccc(Cl)c(-n2nc(C3CCCCN3Cc3ccccc3)c3c2NCC3)c1. The van der Waals surface area contributed by atoms with E-state index in [0.717, 1.165) is 44.0 Å². The van der Waals surface area contributed by atoms with Gasteiger partial charge in [0.05, 0.1) is 22.4 Å². The van der Waals surface area contributed by atoms with Crippen molar-refractivity contribution in [2.75, 3.05) is 18.4 Å². The second kappa shape index (κ2) is 8.02. The van der Waals surface area contributed by atoms with Gasteiger partial charge in [-0.2, -0.15) is 5.10 Å². The zero-order valence-electron chi connectivity index (χ0n) is 16.2. The summed E-state index contributed by atoms with van der Waals surface area (Å²) in [5, 5.41) is 9.93. The van der Waals surface area contributed by atoms with E-state index >= 15 is 0 Å². The Morgan fingerprint density at radius 2 is 1.93 bits per heavy atom. The number of piperidine rings is 1. The van der Waals surface area contributed by atoms with Crippen LogP contribution >= 0.6 is 23.2 Å². The summed E-state index contributed by atoms with van der Waals surface area (Å²) >= 11 is 12.8. The molecule has 5 rings (SSSR count). The van der Waals surface area contributed by atoms with Crippen LogP contribution in [0.2, 0.25) is 10.0 Å². The summed E-state index contributed by atoms with van der Waals surface area (Å²) in [6.07, 6.45) is 4.62. The van der Waals surface area contributed by atoms with E-state index in [1.165, 1.54) is 29.7 Å². The van der Waals surface area contributed by atoms with Crippen LogP contribution in [-0.2, 0) is 13.0 Å². The molecule has 0 bridgehead atoms. The molecule has 2 aliphatic heterocycles. The Kier molecular flexibility index (Phi) is 5.25. The molecule has 6 heteroatoms. The van der Waals surface area contributed by atoms with Crippen molar-refractivity contribution in [3.8, 4) is 5.69 Å². The maximum Gasteiger partial charge on any atom is 0.133 e. The molecule has 0 aliphatic carbocycles. The first-order valence-corrected chi connectivity index (χ1v) is 11.1. The topological polar surface area (TPSA) is 33.1 Å². The molecule has 4 nitrogen and oxygen atoms in total. The number of rotatable bonds is 4. The van der Waals surface area contributed by atoms with Crippen LogP contribution in [0.15, 0.2) is 48.5 Å². The minimum absolute atomic E-state index is 0.330. The van der Waals surface area contributed by atoms with Crippen LogP contribution in [0.25, 0.3) is 5.69 Å². The van der Waals surface area contributed by atoms with Gasteiger partial charge < -0.3 is 5.32 Å². The molecule has 2 aliphatic rings. The molecule has 1 aromatic heterocycles. The van der Waals surface area contributed by atoms with E-state index in [1.807, 2.05) is 22.9 Å². The summed E-state index contributed by atoms with van der Waals surface area (Å²) < 4.78 is 1.96. The standard InChI is InChI=1S/C23H24Cl2N4/c24-17-9-10-19(25)21(14-17)29-23-18(11-12-26-23)22(27-29)20-8-4-5-13-28(20)15-16-6-2-1-3-7-16/h1-3,6-7,9-10,14,20,26H,4-5,8,11-13,15H2. The highest BCUT2D eigenvalue weighted by Gasteiger charge is 2.33. The van der Waals surface area contributed by atoms with Crippen LogP contribution in [0.4, 0.5) is 5.82 Å². The third-order valence-corrected chi connectivity index (χ3v) is 6.53. The quantitative estimate of drug-likeness (QED) is 0.565. The monoisotopic (exact) mass is 426 g/mol. The van der Waals surface area contributed by atoms with Crippen molar-refractivity contribution in [3.63, 3.8) is 0 Å². The van der Waals surface area contributed by atoms with E-state index in [0.29, 0.717) is 16.1 Å². The van der Waals surface area contributed by atoms with Crippen molar-refractivity contribution in [1.29, 1.82) is 0 Å². The molecule has 1 N–H and O–H groups in total. The molecule has 0 saturated carbocycles. The van der Waals surface area contributed by atoms with Crippen molar-refractivity contribution >= 4 is 29.0 Å². The lowest BCUT2D eigenvalue weighted by Gasteiger charge is -2.35. The highest BCUT2D eigenvalue weighted by atomic mass is 35.5. The summed E-state index contributed by atoms with van der Waals surface area (Å²) in [6, 6.07) is 16.6. The van der Waals surface area contributed by atoms with E-state index in [4.69, 9.17) is 28.3 Å². The number of aromatic nitrogens is 2. The van der Waals surface area contributed by atoms with E-state index < -0.39 is 0 Å².